The van der Waals surface area contributed by atoms with Crippen LogP contribution in [0.25, 0.3) is 0 Å². The molecule has 3 rings (SSSR count). The predicted molar refractivity (Wildman–Crippen MR) is 112 cm³/mol. The maximum Gasteiger partial charge on any atom is 0.305 e. The molecule has 31 heavy (non-hydrogen) atoms. The van der Waals surface area contributed by atoms with Crippen LogP contribution in [0.15, 0.2) is 30.3 Å². The number of alkyl halides is 1. The van der Waals surface area contributed by atoms with Crippen molar-refractivity contribution >= 4 is 5.97 Å². The Bertz CT molecular complexity index is 948. The molecule has 7 heteroatoms. The highest BCUT2D eigenvalue weighted by atomic mass is 19.1. The van der Waals surface area contributed by atoms with Gasteiger partial charge < -0.3 is 9.84 Å². The van der Waals surface area contributed by atoms with Crippen LogP contribution in [0, 0.1) is 11.6 Å². The fraction of sp³-hybridized carbons (Fsp3) is 0.458. The Morgan fingerprint density at radius 3 is 2.45 bits per heavy atom. The number of benzene rings is 2. The molecule has 0 fully saturated rings. The Balaban J connectivity index is 2.09. The molecule has 0 spiro atoms. The van der Waals surface area contributed by atoms with E-state index in [4.69, 9.17) is 0 Å². The van der Waals surface area contributed by atoms with Crippen molar-refractivity contribution in [2.24, 2.45) is 0 Å². The van der Waals surface area contributed by atoms with Crippen molar-refractivity contribution < 1.29 is 27.8 Å². The lowest BCUT2D eigenvalue weighted by Gasteiger charge is -2.44. The lowest BCUT2D eigenvalue weighted by atomic mass is 9.83. The molecule has 2 aromatic rings. The van der Waals surface area contributed by atoms with Crippen molar-refractivity contribution in [2.75, 3.05) is 13.7 Å². The van der Waals surface area contributed by atoms with E-state index in [9.17, 15) is 14.3 Å². The highest BCUT2D eigenvalue weighted by molar-refractivity contribution is 5.69. The zero-order valence-corrected chi connectivity index (χ0v) is 18.2. The normalized spacial score (nSPS) is 19.2. The van der Waals surface area contributed by atoms with Crippen LogP contribution in [0.1, 0.15) is 55.5 Å². The van der Waals surface area contributed by atoms with E-state index in [2.05, 4.69) is 4.74 Å². The van der Waals surface area contributed by atoms with Gasteiger partial charge in [0.25, 0.3) is 0 Å². The molecule has 1 N–H and O–H groups in total. The van der Waals surface area contributed by atoms with E-state index in [-0.39, 0.29) is 36.7 Å². The van der Waals surface area contributed by atoms with Gasteiger partial charge in [-0.1, -0.05) is 6.07 Å². The summed E-state index contributed by atoms with van der Waals surface area (Å²) in [6, 6.07) is 6.11. The summed E-state index contributed by atoms with van der Waals surface area (Å²) in [5.41, 5.74) is 0.0223. The molecule has 4 nitrogen and oxygen atoms in total. The van der Waals surface area contributed by atoms with Crippen LogP contribution in [-0.4, -0.2) is 41.3 Å². The minimum Gasteiger partial charge on any atom is -0.508 e. The number of phenolic OH excluding ortho intramolecular Hbond substituents is 1. The summed E-state index contributed by atoms with van der Waals surface area (Å²) in [6.45, 7) is 4.74. The molecule has 0 aliphatic carbocycles. The smallest absolute Gasteiger partial charge is 0.305 e. The number of methoxy groups -OCH3 is 1. The Kier molecular flexibility index (Phi) is 6.65. The van der Waals surface area contributed by atoms with E-state index in [0.29, 0.717) is 17.5 Å². The van der Waals surface area contributed by atoms with Gasteiger partial charge in [-0.3, -0.25) is 9.69 Å². The molecule has 0 saturated heterocycles. The minimum absolute atomic E-state index is 0.0118. The number of esters is 1. The second kappa shape index (κ2) is 8.91. The molecule has 0 bridgehead atoms. The Morgan fingerprint density at radius 1 is 1.23 bits per heavy atom. The SMILES string of the molecule is COC(=O)CCc1cc(F)c(C2c3ccc(O)cc3CC(C)N2CC(C)(C)F)c(F)c1. The molecule has 2 unspecified atom stereocenters. The number of carbonyl (C=O) groups excluding carboxylic acids is 1. The summed E-state index contributed by atoms with van der Waals surface area (Å²) >= 11 is 0. The maximum absolute atomic E-state index is 15.3. The first-order valence-electron chi connectivity index (χ1n) is 10.3. The predicted octanol–water partition coefficient (Wildman–Crippen LogP) is 4.86. The molecule has 1 aliphatic rings. The Morgan fingerprint density at radius 2 is 1.87 bits per heavy atom. The molecule has 2 aromatic carbocycles. The van der Waals surface area contributed by atoms with Crippen LogP contribution < -0.4 is 0 Å². The van der Waals surface area contributed by atoms with Crippen molar-refractivity contribution in [1.29, 1.82) is 0 Å². The number of aryl methyl sites for hydroxylation is 1. The van der Waals surface area contributed by atoms with Crippen molar-refractivity contribution in [1.82, 2.24) is 4.90 Å². The summed E-state index contributed by atoms with van der Waals surface area (Å²) in [4.78, 5) is 13.1. The highest BCUT2D eigenvalue weighted by Crippen LogP contribution is 2.42. The molecule has 2 atom stereocenters. The van der Waals surface area contributed by atoms with Gasteiger partial charge in [-0.15, -0.1) is 0 Å². The minimum atomic E-state index is -1.58. The van der Waals surface area contributed by atoms with Gasteiger partial charge in [0.1, 0.15) is 23.1 Å². The third-order valence-electron chi connectivity index (χ3n) is 5.65. The van der Waals surface area contributed by atoms with Gasteiger partial charge in [-0.25, -0.2) is 13.2 Å². The van der Waals surface area contributed by atoms with Gasteiger partial charge in [0.15, 0.2) is 0 Å². The van der Waals surface area contributed by atoms with E-state index in [1.54, 1.807) is 17.0 Å². The fourth-order valence-electron chi connectivity index (χ4n) is 4.30. The summed E-state index contributed by atoms with van der Waals surface area (Å²) in [5, 5.41) is 9.89. The summed E-state index contributed by atoms with van der Waals surface area (Å²) in [5.74, 6) is -1.89. The summed E-state index contributed by atoms with van der Waals surface area (Å²) in [7, 11) is 1.26. The second-order valence-corrected chi connectivity index (χ2v) is 8.78. The molecule has 1 heterocycles. The van der Waals surface area contributed by atoms with Crippen molar-refractivity contribution in [3.05, 3.63) is 64.2 Å². The van der Waals surface area contributed by atoms with Gasteiger partial charge >= 0.3 is 5.97 Å². The Labute approximate surface area is 180 Å². The number of fused-ring (bicyclic) bond motifs is 1. The number of carbonyl (C=O) groups is 1. The molecule has 0 aromatic heterocycles. The topological polar surface area (TPSA) is 49.8 Å². The van der Waals surface area contributed by atoms with E-state index in [1.165, 1.54) is 39.2 Å². The van der Waals surface area contributed by atoms with E-state index < -0.39 is 29.3 Å². The maximum atomic E-state index is 15.3. The number of phenols is 1. The highest BCUT2D eigenvalue weighted by Gasteiger charge is 2.39. The molecular formula is C24H28F3NO3. The zero-order valence-electron chi connectivity index (χ0n) is 18.2. The van der Waals surface area contributed by atoms with Gasteiger partial charge in [0.2, 0.25) is 0 Å². The summed E-state index contributed by atoms with van der Waals surface area (Å²) < 4.78 is 49.8. The fourth-order valence-corrected chi connectivity index (χ4v) is 4.30. The number of aromatic hydroxyl groups is 1. The second-order valence-electron chi connectivity index (χ2n) is 8.78. The third-order valence-corrected chi connectivity index (χ3v) is 5.65. The molecule has 168 valence electrons. The number of hydrogen-bond acceptors (Lipinski definition) is 4. The number of hydrogen-bond donors (Lipinski definition) is 1. The van der Waals surface area contributed by atoms with Gasteiger partial charge in [-0.05, 0) is 74.6 Å². The monoisotopic (exact) mass is 435 g/mol. The molecule has 1 aliphatic heterocycles. The number of nitrogens with zero attached hydrogens (tertiary/aromatic N) is 1. The average Bonchev–Trinajstić information content (AvgIpc) is 2.66. The first-order chi connectivity index (χ1) is 14.5. The van der Waals surface area contributed by atoms with Crippen molar-refractivity contribution in [3.63, 3.8) is 0 Å². The lowest BCUT2D eigenvalue weighted by molar-refractivity contribution is -0.140. The van der Waals surface area contributed by atoms with Crippen LogP contribution in [0.4, 0.5) is 13.2 Å². The van der Waals surface area contributed by atoms with Gasteiger partial charge in [-0.2, -0.15) is 0 Å². The Hall–Kier alpha value is -2.54. The van der Waals surface area contributed by atoms with Crippen molar-refractivity contribution in [3.8, 4) is 5.75 Å². The quantitative estimate of drug-likeness (QED) is 0.659. The average molecular weight is 435 g/mol. The third kappa shape index (κ3) is 5.21. The lowest BCUT2D eigenvalue weighted by Crippen LogP contribution is -2.48. The zero-order chi connectivity index (χ0) is 22.9. The molecular weight excluding hydrogens is 407 g/mol. The molecule has 0 saturated carbocycles. The van der Waals surface area contributed by atoms with Crippen LogP contribution in [0.2, 0.25) is 0 Å². The first kappa shape index (κ1) is 23.1. The molecule has 0 radical (unpaired) electrons. The number of rotatable bonds is 6. The van der Waals surface area contributed by atoms with Crippen LogP contribution >= 0.6 is 0 Å². The van der Waals surface area contributed by atoms with E-state index in [1.807, 2.05) is 6.92 Å². The summed E-state index contributed by atoms with van der Waals surface area (Å²) in [6.07, 6.45) is 0.684. The number of ether oxygens (including phenoxy) is 1. The number of halogens is 3. The first-order valence-corrected chi connectivity index (χ1v) is 10.3. The van der Waals surface area contributed by atoms with Crippen LogP contribution in [0.3, 0.4) is 0 Å². The van der Waals surface area contributed by atoms with Gasteiger partial charge in [0, 0.05) is 24.6 Å². The van der Waals surface area contributed by atoms with Crippen molar-refractivity contribution in [2.45, 2.75) is 57.8 Å². The standard InChI is InChI=1S/C24H28F3NO3/c1-14-9-16-12-17(29)6-7-18(16)23(28(14)13-24(2,3)27)22-19(25)10-15(11-20(22)26)5-8-21(30)31-4/h6-7,10-12,14,23,29H,5,8-9,13H2,1-4H3. The van der Waals surface area contributed by atoms with Gasteiger partial charge in [0.05, 0.1) is 13.2 Å². The van der Waals surface area contributed by atoms with E-state index in [0.717, 1.165) is 5.56 Å². The van der Waals surface area contributed by atoms with Crippen LogP contribution in [0.5, 0.6) is 5.75 Å². The molecule has 0 amide bonds. The largest absolute Gasteiger partial charge is 0.508 e. The van der Waals surface area contributed by atoms with Crippen LogP contribution in [-0.2, 0) is 22.4 Å². The van der Waals surface area contributed by atoms with E-state index >= 15 is 8.78 Å².